The van der Waals surface area contributed by atoms with Crippen LogP contribution in [0.2, 0.25) is 0 Å². The minimum absolute atomic E-state index is 0.0394. The Bertz CT molecular complexity index is 572. The molecule has 2 heteroatoms. The van der Waals surface area contributed by atoms with E-state index >= 15 is 0 Å². The van der Waals surface area contributed by atoms with Gasteiger partial charge in [-0.15, -0.1) is 0 Å². The molecule has 0 unspecified atom stereocenters. The zero-order valence-corrected chi connectivity index (χ0v) is 11.1. The van der Waals surface area contributed by atoms with Crippen LogP contribution in [0.15, 0.2) is 52.7 Å². The highest BCUT2D eigenvalue weighted by atomic mass is 15.3. The van der Waals surface area contributed by atoms with Gasteiger partial charge in [-0.1, -0.05) is 56.3 Å². The van der Waals surface area contributed by atoms with Crippen molar-refractivity contribution in [3.63, 3.8) is 0 Å². The smallest absolute Gasteiger partial charge is 0.121 e. The average Bonchev–Trinajstić information content (AvgIpc) is 2.55. The van der Waals surface area contributed by atoms with Crippen molar-refractivity contribution in [2.45, 2.75) is 31.8 Å². The highest BCUT2D eigenvalue weighted by Crippen LogP contribution is 2.73. The maximum Gasteiger partial charge on any atom is 0.121 e. The first-order valence-corrected chi connectivity index (χ1v) is 6.72. The Morgan fingerprint density at radius 3 is 2.11 bits per heavy atom. The van der Waals surface area contributed by atoms with Crippen LogP contribution in [0.25, 0.3) is 0 Å². The molecule has 4 rings (SSSR count). The molecule has 18 heavy (non-hydrogen) atoms. The molecule has 0 saturated heterocycles. The summed E-state index contributed by atoms with van der Waals surface area (Å²) in [7, 11) is 0. The summed E-state index contributed by atoms with van der Waals surface area (Å²) in [4.78, 5) is 0. The molecule has 92 valence electrons. The lowest BCUT2D eigenvalue weighted by Gasteiger charge is -2.40. The Balaban J connectivity index is 2.00. The highest BCUT2D eigenvalue weighted by Gasteiger charge is 2.76. The van der Waals surface area contributed by atoms with E-state index in [-0.39, 0.29) is 16.5 Å². The molecule has 1 aliphatic heterocycles. The molecule has 1 heterocycles. The minimum Gasteiger partial charge on any atom is -0.185 e. The minimum atomic E-state index is -0.150. The SMILES string of the molecule is CC1(C)[C@]2(C)N=N[C@@]1(c1ccccc1)[C@@H]1C=C[C@@H]12. The first kappa shape index (κ1) is 10.5. The normalized spacial score (nSPS) is 45.9. The second-order valence-corrected chi connectivity index (χ2v) is 6.54. The van der Waals surface area contributed by atoms with E-state index in [0.717, 1.165) is 0 Å². The van der Waals surface area contributed by atoms with Gasteiger partial charge in [-0.3, -0.25) is 0 Å². The van der Waals surface area contributed by atoms with Gasteiger partial charge >= 0.3 is 0 Å². The van der Waals surface area contributed by atoms with E-state index in [0.29, 0.717) is 11.8 Å². The summed E-state index contributed by atoms with van der Waals surface area (Å²) in [5.41, 5.74) is 1.20. The van der Waals surface area contributed by atoms with Gasteiger partial charge in [0, 0.05) is 17.3 Å². The Hall–Kier alpha value is -1.44. The zero-order valence-electron chi connectivity index (χ0n) is 11.1. The lowest BCUT2D eigenvalue weighted by atomic mass is 9.64. The summed E-state index contributed by atoms with van der Waals surface area (Å²) in [6.07, 6.45) is 4.66. The quantitative estimate of drug-likeness (QED) is 0.662. The zero-order chi connectivity index (χ0) is 12.6. The van der Waals surface area contributed by atoms with E-state index < -0.39 is 0 Å². The van der Waals surface area contributed by atoms with E-state index in [2.05, 4.69) is 63.3 Å². The Kier molecular flexibility index (Phi) is 1.61. The number of azo groups is 1. The molecule has 2 bridgehead atoms. The van der Waals surface area contributed by atoms with Crippen molar-refractivity contribution >= 4 is 0 Å². The monoisotopic (exact) mass is 238 g/mol. The Morgan fingerprint density at radius 2 is 1.56 bits per heavy atom. The Morgan fingerprint density at radius 1 is 0.889 bits per heavy atom. The van der Waals surface area contributed by atoms with Crippen molar-refractivity contribution in [3.05, 3.63) is 48.0 Å². The van der Waals surface area contributed by atoms with Gasteiger partial charge in [-0.05, 0) is 12.5 Å². The van der Waals surface area contributed by atoms with E-state index in [1.54, 1.807) is 0 Å². The van der Waals surface area contributed by atoms with Crippen LogP contribution in [0.3, 0.4) is 0 Å². The molecule has 0 radical (unpaired) electrons. The van der Waals surface area contributed by atoms with Gasteiger partial charge in [-0.2, -0.15) is 10.2 Å². The molecule has 1 fully saturated rings. The molecular weight excluding hydrogens is 220 g/mol. The predicted octanol–water partition coefficient (Wildman–Crippen LogP) is 3.95. The van der Waals surface area contributed by atoms with Crippen LogP contribution in [-0.4, -0.2) is 5.54 Å². The second kappa shape index (κ2) is 2.76. The molecular formula is C16H18N2. The Labute approximate surface area is 108 Å². The van der Waals surface area contributed by atoms with Crippen LogP contribution >= 0.6 is 0 Å². The molecule has 4 atom stereocenters. The predicted molar refractivity (Wildman–Crippen MR) is 71.3 cm³/mol. The number of nitrogens with zero attached hydrogens (tertiary/aromatic N) is 2. The van der Waals surface area contributed by atoms with Crippen LogP contribution in [0, 0.1) is 17.3 Å². The fraction of sp³-hybridized carbons (Fsp3) is 0.500. The van der Waals surface area contributed by atoms with Gasteiger partial charge in [0.05, 0.1) is 5.54 Å². The third-order valence-electron chi connectivity index (χ3n) is 5.89. The van der Waals surface area contributed by atoms with Crippen molar-refractivity contribution in [1.29, 1.82) is 0 Å². The van der Waals surface area contributed by atoms with Crippen molar-refractivity contribution < 1.29 is 0 Å². The molecule has 1 aromatic carbocycles. The fourth-order valence-corrected chi connectivity index (χ4v) is 4.36. The first-order chi connectivity index (χ1) is 8.54. The van der Waals surface area contributed by atoms with Gasteiger partial charge in [0.25, 0.3) is 0 Å². The van der Waals surface area contributed by atoms with Gasteiger partial charge < -0.3 is 0 Å². The van der Waals surface area contributed by atoms with E-state index in [1.807, 2.05) is 0 Å². The van der Waals surface area contributed by atoms with Crippen LogP contribution < -0.4 is 0 Å². The summed E-state index contributed by atoms with van der Waals surface area (Å²) in [5, 5.41) is 9.48. The molecule has 2 nitrogen and oxygen atoms in total. The van der Waals surface area contributed by atoms with Gasteiger partial charge in [0.15, 0.2) is 0 Å². The number of hydrogen-bond donors (Lipinski definition) is 0. The third kappa shape index (κ3) is 0.781. The van der Waals surface area contributed by atoms with Crippen LogP contribution in [0.4, 0.5) is 0 Å². The summed E-state index contributed by atoms with van der Waals surface area (Å²) >= 11 is 0. The molecule has 0 amide bonds. The molecule has 1 aromatic rings. The summed E-state index contributed by atoms with van der Waals surface area (Å²) in [5.74, 6) is 1.09. The van der Waals surface area contributed by atoms with Gasteiger partial charge in [0.1, 0.15) is 5.54 Å². The van der Waals surface area contributed by atoms with E-state index in [9.17, 15) is 0 Å². The first-order valence-electron chi connectivity index (χ1n) is 6.72. The maximum atomic E-state index is 4.79. The summed E-state index contributed by atoms with van der Waals surface area (Å²) in [6.45, 7) is 6.94. The largest absolute Gasteiger partial charge is 0.185 e. The topological polar surface area (TPSA) is 24.7 Å². The number of rotatable bonds is 1. The average molecular weight is 238 g/mol. The van der Waals surface area contributed by atoms with Crippen molar-refractivity contribution in [1.82, 2.24) is 0 Å². The number of hydrogen-bond acceptors (Lipinski definition) is 2. The standard InChI is InChI=1S/C16H18N2/c1-14(2)15(3)12-9-10-13(12)16(14,18-17-15)11-7-5-4-6-8-11/h4-10,12-13H,1-3H3/t12-,13+,15+,16-/m0/s1. The van der Waals surface area contributed by atoms with Gasteiger partial charge in [0.2, 0.25) is 0 Å². The third-order valence-corrected chi connectivity index (χ3v) is 5.89. The molecule has 3 aliphatic rings. The van der Waals surface area contributed by atoms with Crippen LogP contribution in [0.1, 0.15) is 26.3 Å². The number of fused-ring (bicyclic) bond motifs is 5. The molecule has 0 N–H and O–H groups in total. The maximum absolute atomic E-state index is 4.79. The second-order valence-electron chi connectivity index (χ2n) is 6.54. The summed E-state index contributed by atoms with van der Waals surface area (Å²) in [6, 6.07) is 10.7. The lowest BCUT2D eigenvalue weighted by molar-refractivity contribution is 0.171. The molecule has 1 saturated carbocycles. The van der Waals surface area contributed by atoms with Crippen LogP contribution in [-0.2, 0) is 5.54 Å². The van der Waals surface area contributed by atoms with Crippen molar-refractivity contribution in [3.8, 4) is 0 Å². The molecule has 2 aliphatic carbocycles. The van der Waals surface area contributed by atoms with Crippen LogP contribution in [0.5, 0.6) is 0 Å². The molecule has 0 aromatic heterocycles. The fourth-order valence-electron chi connectivity index (χ4n) is 4.36. The van der Waals surface area contributed by atoms with Crippen molar-refractivity contribution in [2.75, 3.05) is 0 Å². The van der Waals surface area contributed by atoms with E-state index in [4.69, 9.17) is 10.2 Å². The van der Waals surface area contributed by atoms with E-state index in [1.165, 1.54) is 5.56 Å². The summed E-state index contributed by atoms with van der Waals surface area (Å²) < 4.78 is 0. The highest BCUT2D eigenvalue weighted by molar-refractivity contribution is 5.45. The number of benzene rings is 1. The van der Waals surface area contributed by atoms with Crippen molar-refractivity contribution in [2.24, 2.45) is 27.5 Å². The molecule has 0 spiro atoms. The lowest BCUT2D eigenvalue weighted by Crippen LogP contribution is -2.43. The van der Waals surface area contributed by atoms with Gasteiger partial charge in [-0.25, -0.2) is 0 Å².